The van der Waals surface area contributed by atoms with E-state index in [0.717, 1.165) is 10.2 Å². The topological polar surface area (TPSA) is 87.0 Å². The Morgan fingerprint density at radius 2 is 1.90 bits per heavy atom. The molecule has 0 saturated carbocycles. The summed E-state index contributed by atoms with van der Waals surface area (Å²) in [7, 11) is -3.47. The van der Waals surface area contributed by atoms with Crippen molar-refractivity contribution in [3.63, 3.8) is 0 Å². The van der Waals surface area contributed by atoms with Crippen LogP contribution in [0.5, 0.6) is 11.5 Å². The Labute approximate surface area is 182 Å². The Balaban J connectivity index is 1.49. The number of hydrogen-bond acceptors (Lipinski definition) is 6. The van der Waals surface area contributed by atoms with E-state index in [9.17, 15) is 13.2 Å². The molecule has 0 N–H and O–H groups in total. The fourth-order valence-electron chi connectivity index (χ4n) is 3.19. The molecule has 30 heavy (non-hydrogen) atoms. The van der Waals surface area contributed by atoms with Crippen molar-refractivity contribution in [1.29, 1.82) is 0 Å². The first-order valence-corrected chi connectivity index (χ1v) is 12.2. The van der Waals surface area contributed by atoms with Gasteiger partial charge in [0.1, 0.15) is 0 Å². The third-order valence-corrected chi connectivity index (χ3v) is 7.80. The Hall–Kier alpha value is -2.36. The molecule has 0 radical (unpaired) electrons. The molecule has 0 atom stereocenters. The van der Waals surface area contributed by atoms with Crippen LogP contribution in [0.25, 0.3) is 10.2 Å². The lowest BCUT2D eigenvalue weighted by Crippen LogP contribution is -2.16. The van der Waals surface area contributed by atoms with Crippen LogP contribution in [0.4, 0.5) is 0 Å². The third-order valence-electron chi connectivity index (χ3n) is 4.69. The number of sulfone groups is 1. The highest BCUT2D eigenvalue weighted by molar-refractivity contribution is 7.91. The van der Waals surface area contributed by atoms with E-state index in [4.69, 9.17) is 21.1 Å². The van der Waals surface area contributed by atoms with Gasteiger partial charge in [-0.3, -0.25) is 4.79 Å². The van der Waals surface area contributed by atoms with Crippen molar-refractivity contribution in [2.24, 2.45) is 4.99 Å². The number of fused-ring (bicyclic) bond motifs is 2. The zero-order valence-electron chi connectivity index (χ0n) is 16.1. The van der Waals surface area contributed by atoms with E-state index in [1.165, 1.54) is 35.6 Å². The van der Waals surface area contributed by atoms with Crippen LogP contribution in [-0.2, 0) is 21.2 Å². The lowest BCUT2D eigenvalue weighted by molar-refractivity contribution is -0.118. The van der Waals surface area contributed by atoms with E-state index in [1.807, 2.05) is 23.6 Å². The van der Waals surface area contributed by atoms with Gasteiger partial charge in [0.25, 0.3) is 0 Å². The molecule has 0 bridgehead atoms. The summed E-state index contributed by atoms with van der Waals surface area (Å²) in [6.07, 6.45) is 0.244. The second-order valence-electron chi connectivity index (χ2n) is 6.68. The molecule has 158 valence electrons. The molecular formula is C20H19ClN2O5S2. The Bertz CT molecular complexity index is 1280. The molecule has 1 amide bonds. The summed E-state index contributed by atoms with van der Waals surface area (Å²) in [5.41, 5.74) is 0.920. The monoisotopic (exact) mass is 466 g/mol. The van der Waals surface area contributed by atoms with E-state index in [2.05, 4.69) is 4.99 Å². The van der Waals surface area contributed by atoms with Crippen LogP contribution < -0.4 is 14.3 Å². The minimum atomic E-state index is -3.47. The van der Waals surface area contributed by atoms with Gasteiger partial charge in [-0.2, -0.15) is 4.99 Å². The number of carbonyl (C=O) groups is 1. The predicted octanol–water partition coefficient (Wildman–Crippen LogP) is 3.79. The standard InChI is InChI=1S/C20H19ClN2O5S2/c1-2-23-15-10-16-17(28-12-27-16)11-18(15)29-20(23)22-19(24)4-3-9-30(25,26)14-7-5-13(21)6-8-14/h5-8,10-11H,2-4,9,12H2,1H3. The summed E-state index contributed by atoms with van der Waals surface area (Å²) in [6, 6.07) is 9.78. The van der Waals surface area contributed by atoms with E-state index in [1.54, 1.807) is 0 Å². The average Bonchev–Trinajstić information content (AvgIpc) is 3.29. The van der Waals surface area contributed by atoms with Crippen molar-refractivity contribution in [3.8, 4) is 11.5 Å². The van der Waals surface area contributed by atoms with Crippen molar-refractivity contribution in [2.75, 3.05) is 12.5 Å². The van der Waals surface area contributed by atoms with Gasteiger partial charge in [-0.15, -0.1) is 0 Å². The van der Waals surface area contributed by atoms with Gasteiger partial charge in [-0.25, -0.2) is 8.42 Å². The van der Waals surface area contributed by atoms with Gasteiger partial charge < -0.3 is 14.0 Å². The zero-order chi connectivity index (χ0) is 21.3. The number of aryl methyl sites for hydroxylation is 1. The molecule has 3 aromatic rings. The molecule has 1 aromatic heterocycles. The summed E-state index contributed by atoms with van der Waals surface area (Å²) in [6.45, 7) is 2.81. The predicted molar refractivity (Wildman–Crippen MR) is 115 cm³/mol. The summed E-state index contributed by atoms with van der Waals surface area (Å²) in [4.78, 5) is 17.4. The summed E-state index contributed by atoms with van der Waals surface area (Å²) >= 11 is 7.19. The minimum Gasteiger partial charge on any atom is -0.454 e. The number of hydrogen-bond donors (Lipinski definition) is 0. The van der Waals surface area contributed by atoms with Crippen LogP contribution in [0.3, 0.4) is 0 Å². The van der Waals surface area contributed by atoms with Gasteiger partial charge in [0.2, 0.25) is 12.7 Å². The van der Waals surface area contributed by atoms with Crippen molar-refractivity contribution in [3.05, 3.63) is 46.2 Å². The molecule has 0 aliphatic carbocycles. The highest BCUT2D eigenvalue weighted by Crippen LogP contribution is 2.36. The Kier molecular flexibility index (Phi) is 5.86. The van der Waals surface area contributed by atoms with Gasteiger partial charge in [-0.1, -0.05) is 22.9 Å². The number of ether oxygens (including phenoxy) is 2. The molecule has 1 aliphatic rings. The van der Waals surface area contributed by atoms with E-state index < -0.39 is 9.84 Å². The van der Waals surface area contributed by atoms with Crippen molar-refractivity contribution in [1.82, 2.24) is 4.57 Å². The highest BCUT2D eigenvalue weighted by Gasteiger charge is 2.18. The van der Waals surface area contributed by atoms with Crippen molar-refractivity contribution < 1.29 is 22.7 Å². The van der Waals surface area contributed by atoms with Crippen molar-refractivity contribution >= 4 is 48.9 Å². The van der Waals surface area contributed by atoms with Crippen LogP contribution in [0, 0.1) is 0 Å². The lowest BCUT2D eigenvalue weighted by atomic mass is 10.3. The van der Waals surface area contributed by atoms with Crippen LogP contribution in [-0.4, -0.2) is 31.4 Å². The molecule has 0 fully saturated rings. The molecule has 0 spiro atoms. The number of halogens is 1. The van der Waals surface area contributed by atoms with Gasteiger partial charge in [-0.05, 0) is 37.6 Å². The second kappa shape index (κ2) is 8.41. The Morgan fingerprint density at radius 3 is 2.60 bits per heavy atom. The molecule has 2 heterocycles. The molecule has 0 unspecified atom stereocenters. The first-order chi connectivity index (χ1) is 14.4. The zero-order valence-corrected chi connectivity index (χ0v) is 18.5. The lowest BCUT2D eigenvalue weighted by Gasteiger charge is -2.04. The van der Waals surface area contributed by atoms with E-state index >= 15 is 0 Å². The number of amides is 1. The molecule has 1 aliphatic heterocycles. The number of nitrogens with zero attached hydrogens (tertiary/aromatic N) is 2. The summed E-state index contributed by atoms with van der Waals surface area (Å²) in [5, 5.41) is 0.471. The first-order valence-electron chi connectivity index (χ1n) is 9.36. The summed E-state index contributed by atoms with van der Waals surface area (Å²) < 4.78 is 38.5. The van der Waals surface area contributed by atoms with Crippen LogP contribution >= 0.6 is 22.9 Å². The smallest absolute Gasteiger partial charge is 0.248 e. The number of rotatable bonds is 6. The second-order valence-corrected chi connectivity index (χ2v) is 10.2. The van der Waals surface area contributed by atoms with Crippen LogP contribution in [0.15, 0.2) is 46.3 Å². The van der Waals surface area contributed by atoms with E-state index in [-0.39, 0.29) is 36.2 Å². The maximum absolute atomic E-state index is 12.4. The molecule has 2 aromatic carbocycles. The van der Waals surface area contributed by atoms with Crippen LogP contribution in [0.2, 0.25) is 5.02 Å². The average molecular weight is 467 g/mol. The quantitative estimate of drug-likeness (QED) is 0.551. The van der Waals surface area contributed by atoms with Gasteiger partial charge in [0.05, 0.1) is 20.9 Å². The number of thiazole rings is 1. The maximum atomic E-state index is 12.4. The fourth-order valence-corrected chi connectivity index (χ4v) is 5.74. The fraction of sp³-hybridized carbons (Fsp3) is 0.300. The third kappa shape index (κ3) is 4.23. The van der Waals surface area contributed by atoms with Gasteiger partial charge in [0.15, 0.2) is 26.1 Å². The van der Waals surface area contributed by atoms with Crippen molar-refractivity contribution in [2.45, 2.75) is 31.2 Å². The molecule has 0 saturated heterocycles. The maximum Gasteiger partial charge on any atom is 0.248 e. The first kappa shape index (κ1) is 20.9. The SMILES string of the molecule is CCn1c(=NC(=O)CCCS(=O)(=O)c2ccc(Cl)cc2)sc2cc3c(cc21)OCO3. The molecular weight excluding hydrogens is 448 g/mol. The van der Waals surface area contributed by atoms with Gasteiger partial charge in [0, 0.05) is 30.1 Å². The number of carbonyl (C=O) groups excluding carboxylic acids is 1. The van der Waals surface area contributed by atoms with E-state index in [0.29, 0.717) is 27.9 Å². The number of benzene rings is 2. The minimum absolute atomic E-state index is 0.0491. The molecule has 4 rings (SSSR count). The normalized spacial score (nSPS) is 13.9. The van der Waals surface area contributed by atoms with Gasteiger partial charge >= 0.3 is 0 Å². The Morgan fingerprint density at radius 1 is 1.20 bits per heavy atom. The largest absolute Gasteiger partial charge is 0.454 e. The number of aromatic nitrogens is 1. The highest BCUT2D eigenvalue weighted by atomic mass is 35.5. The molecule has 10 heteroatoms. The summed E-state index contributed by atoms with van der Waals surface area (Å²) in [5.74, 6) is 0.873. The van der Waals surface area contributed by atoms with Crippen LogP contribution in [0.1, 0.15) is 19.8 Å². The molecule has 7 nitrogen and oxygen atoms in total.